The molecule has 0 spiro atoms. The summed E-state index contributed by atoms with van der Waals surface area (Å²) in [5.41, 5.74) is 0.887. The maximum atomic E-state index is 11.0. The lowest BCUT2D eigenvalue weighted by atomic mass is 10.4. The maximum absolute atomic E-state index is 11.0. The molecule has 0 heterocycles. The van der Waals surface area contributed by atoms with Gasteiger partial charge < -0.3 is 15.4 Å². The number of ether oxygens (including phenoxy) is 1. The second kappa shape index (κ2) is 8.44. The van der Waals surface area contributed by atoms with E-state index in [1.54, 1.807) is 6.07 Å². The van der Waals surface area contributed by atoms with Crippen LogP contribution in [0, 0.1) is 11.3 Å². The quantitative estimate of drug-likeness (QED) is 0.271. The third-order valence-corrected chi connectivity index (χ3v) is 1.41. The van der Waals surface area contributed by atoms with Crippen LogP contribution in [0.4, 0.5) is 0 Å². The van der Waals surface area contributed by atoms with Gasteiger partial charge in [-0.3, -0.25) is 9.59 Å². The lowest BCUT2D eigenvalue weighted by Gasteiger charge is -2.05. The van der Waals surface area contributed by atoms with E-state index in [2.05, 4.69) is 17.2 Å². The Balaban J connectivity index is 3.54. The number of nitrogens with one attached hydrogen (secondary N) is 2. The highest BCUT2D eigenvalue weighted by Crippen LogP contribution is 1.86. The second-order valence-electron chi connectivity index (χ2n) is 3.11. The number of hydrogen-bond donors (Lipinski definition) is 2. The van der Waals surface area contributed by atoms with Gasteiger partial charge in [0.25, 0.3) is 0 Å². The summed E-state index contributed by atoms with van der Waals surface area (Å²) in [6.45, 7) is 6.27. The summed E-state index contributed by atoms with van der Waals surface area (Å²) >= 11 is 0. The van der Waals surface area contributed by atoms with E-state index in [9.17, 15) is 9.59 Å². The number of nitrogens with zero attached hydrogens (tertiary/aromatic N) is 1. The van der Waals surface area contributed by atoms with Gasteiger partial charge in [0.05, 0.1) is 19.3 Å². The van der Waals surface area contributed by atoms with Gasteiger partial charge in [0.1, 0.15) is 6.54 Å². The normalized spacial score (nSPS) is 9.00. The van der Waals surface area contributed by atoms with Crippen LogP contribution >= 0.6 is 0 Å². The molecule has 0 saturated carbocycles. The molecule has 0 radical (unpaired) electrons. The van der Waals surface area contributed by atoms with Crippen molar-refractivity contribution < 1.29 is 14.3 Å². The van der Waals surface area contributed by atoms with Crippen molar-refractivity contribution >= 4 is 11.8 Å². The molecule has 0 aliphatic heterocycles. The fourth-order valence-corrected chi connectivity index (χ4v) is 0.763. The van der Waals surface area contributed by atoms with Crippen LogP contribution in [0.3, 0.4) is 0 Å². The average molecular weight is 225 g/mol. The SMILES string of the molecule is C=C(C)COCCNC(=O)C(=O)NCC#N. The molecule has 2 N–H and O–H groups in total. The van der Waals surface area contributed by atoms with Crippen molar-refractivity contribution in [3.8, 4) is 6.07 Å². The molecule has 0 aliphatic carbocycles. The molecule has 6 nitrogen and oxygen atoms in total. The van der Waals surface area contributed by atoms with Gasteiger partial charge in [-0.25, -0.2) is 0 Å². The first-order valence-electron chi connectivity index (χ1n) is 4.73. The van der Waals surface area contributed by atoms with Crippen molar-refractivity contribution in [3.05, 3.63) is 12.2 Å². The van der Waals surface area contributed by atoms with Crippen molar-refractivity contribution in [2.75, 3.05) is 26.3 Å². The van der Waals surface area contributed by atoms with Gasteiger partial charge in [0, 0.05) is 6.54 Å². The number of carbonyl (C=O) groups excluding carboxylic acids is 2. The number of hydrogen-bond acceptors (Lipinski definition) is 4. The third-order valence-electron chi connectivity index (χ3n) is 1.41. The summed E-state index contributed by atoms with van der Waals surface area (Å²) in [5, 5.41) is 12.6. The molecule has 6 heteroatoms. The Kier molecular flexibility index (Phi) is 7.45. The molecule has 0 rings (SSSR count). The van der Waals surface area contributed by atoms with Gasteiger partial charge in [0.15, 0.2) is 0 Å². The minimum Gasteiger partial charge on any atom is -0.375 e. The number of nitriles is 1. The van der Waals surface area contributed by atoms with E-state index in [1.807, 2.05) is 6.92 Å². The van der Waals surface area contributed by atoms with E-state index < -0.39 is 11.8 Å². The minimum absolute atomic E-state index is 0.182. The molecule has 0 saturated heterocycles. The predicted octanol–water partition coefficient (Wildman–Crippen LogP) is -0.665. The Hall–Kier alpha value is -1.87. The molecule has 0 aliphatic rings. The highest BCUT2D eigenvalue weighted by atomic mass is 16.5. The Bertz CT molecular complexity index is 307. The van der Waals surface area contributed by atoms with Crippen molar-refractivity contribution in [2.45, 2.75) is 6.92 Å². The van der Waals surface area contributed by atoms with Gasteiger partial charge in [-0.15, -0.1) is 0 Å². The number of carbonyl (C=O) groups is 2. The smallest absolute Gasteiger partial charge is 0.310 e. The maximum Gasteiger partial charge on any atom is 0.310 e. The Morgan fingerprint density at radius 1 is 1.38 bits per heavy atom. The zero-order valence-corrected chi connectivity index (χ0v) is 9.21. The average Bonchev–Trinajstić information content (AvgIpc) is 2.24. The Labute approximate surface area is 94.3 Å². The molecule has 0 aromatic rings. The van der Waals surface area contributed by atoms with Crippen molar-refractivity contribution in [1.29, 1.82) is 5.26 Å². The second-order valence-corrected chi connectivity index (χ2v) is 3.11. The molecular formula is C10H15N3O3. The minimum atomic E-state index is -0.818. The lowest BCUT2D eigenvalue weighted by Crippen LogP contribution is -2.41. The van der Waals surface area contributed by atoms with E-state index in [1.165, 1.54) is 0 Å². The van der Waals surface area contributed by atoms with Crippen molar-refractivity contribution in [2.24, 2.45) is 0 Å². The van der Waals surface area contributed by atoms with Crippen LogP contribution in [0.1, 0.15) is 6.92 Å². The first kappa shape index (κ1) is 14.1. The molecule has 0 aromatic heterocycles. The molecule has 0 bridgehead atoms. The van der Waals surface area contributed by atoms with Gasteiger partial charge in [-0.2, -0.15) is 5.26 Å². The topological polar surface area (TPSA) is 91.2 Å². The van der Waals surface area contributed by atoms with E-state index in [0.29, 0.717) is 13.2 Å². The van der Waals surface area contributed by atoms with Crippen LogP contribution in [-0.2, 0) is 14.3 Å². The van der Waals surface area contributed by atoms with Gasteiger partial charge in [-0.1, -0.05) is 12.2 Å². The lowest BCUT2D eigenvalue weighted by molar-refractivity contribution is -0.139. The van der Waals surface area contributed by atoms with Crippen LogP contribution in [0.15, 0.2) is 12.2 Å². The van der Waals surface area contributed by atoms with Gasteiger partial charge >= 0.3 is 11.8 Å². The summed E-state index contributed by atoms with van der Waals surface area (Å²) in [7, 11) is 0. The fraction of sp³-hybridized carbons (Fsp3) is 0.500. The highest BCUT2D eigenvalue weighted by Gasteiger charge is 2.10. The standard InChI is InChI=1S/C10H15N3O3/c1-8(2)7-16-6-5-13-10(15)9(14)12-4-3-11/h1,4-7H2,2H3,(H,12,14)(H,13,15). The third kappa shape index (κ3) is 7.53. The first-order valence-corrected chi connectivity index (χ1v) is 4.73. The van der Waals surface area contributed by atoms with Crippen LogP contribution < -0.4 is 10.6 Å². The zero-order valence-electron chi connectivity index (χ0n) is 9.21. The van der Waals surface area contributed by atoms with Gasteiger partial charge in [0.2, 0.25) is 0 Å². The van der Waals surface area contributed by atoms with Gasteiger partial charge in [-0.05, 0) is 6.92 Å². The Morgan fingerprint density at radius 2 is 2.00 bits per heavy atom. The van der Waals surface area contributed by atoms with E-state index in [0.717, 1.165) is 5.57 Å². The van der Waals surface area contributed by atoms with E-state index in [-0.39, 0.29) is 13.1 Å². The van der Waals surface area contributed by atoms with E-state index >= 15 is 0 Å². The Morgan fingerprint density at radius 3 is 2.56 bits per heavy atom. The van der Waals surface area contributed by atoms with Crippen LogP contribution in [0.2, 0.25) is 0 Å². The molecule has 88 valence electrons. The predicted molar refractivity (Wildman–Crippen MR) is 57.3 cm³/mol. The summed E-state index contributed by atoms with van der Waals surface area (Å²) in [5.74, 6) is -1.59. The molecule has 0 fully saturated rings. The molecule has 2 amide bonds. The van der Waals surface area contributed by atoms with E-state index in [4.69, 9.17) is 10.00 Å². The molecule has 0 unspecified atom stereocenters. The first-order chi connectivity index (χ1) is 7.57. The molecule has 16 heavy (non-hydrogen) atoms. The molecule has 0 atom stereocenters. The summed E-state index contributed by atoms with van der Waals surface area (Å²) < 4.78 is 5.11. The molecular weight excluding hydrogens is 210 g/mol. The summed E-state index contributed by atoms with van der Waals surface area (Å²) in [6, 6.07) is 1.70. The van der Waals surface area contributed by atoms with Crippen molar-refractivity contribution in [3.63, 3.8) is 0 Å². The fourth-order valence-electron chi connectivity index (χ4n) is 0.763. The highest BCUT2D eigenvalue weighted by molar-refractivity contribution is 6.35. The van der Waals surface area contributed by atoms with Crippen LogP contribution in [0.25, 0.3) is 0 Å². The summed E-state index contributed by atoms with van der Waals surface area (Å²) in [6.07, 6.45) is 0. The van der Waals surface area contributed by atoms with Crippen LogP contribution in [-0.4, -0.2) is 38.1 Å². The molecule has 0 aromatic carbocycles. The number of amides is 2. The van der Waals surface area contributed by atoms with Crippen molar-refractivity contribution in [1.82, 2.24) is 10.6 Å². The summed E-state index contributed by atoms with van der Waals surface area (Å²) in [4.78, 5) is 22.0. The largest absolute Gasteiger partial charge is 0.375 e. The number of rotatable bonds is 6. The monoisotopic (exact) mass is 225 g/mol. The van der Waals surface area contributed by atoms with Crippen LogP contribution in [0.5, 0.6) is 0 Å². The zero-order chi connectivity index (χ0) is 12.4.